The lowest BCUT2D eigenvalue weighted by Crippen LogP contribution is -2.37. The summed E-state index contributed by atoms with van der Waals surface area (Å²) in [4.78, 5) is 1.88. The fourth-order valence-electron chi connectivity index (χ4n) is 2.26. The molecule has 1 heterocycles. The smallest absolute Gasteiger partial charge is 0.298 e. The highest BCUT2D eigenvalue weighted by Gasteiger charge is 2.54. The van der Waals surface area contributed by atoms with Gasteiger partial charge in [0, 0.05) is 13.1 Å². The Kier molecular flexibility index (Phi) is 3.17. The summed E-state index contributed by atoms with van der Waals surface area (Å²) in [6.45, 7) is 2.54. The summed E-state index contributed by atoms with van der Waals surface area (Å²) >= 11 is 0. The molecular formula is C13H16F3N. The minimum absolute atomic E-state index is 0.103. The van der Waals surface area contributed by atoms with E-state index in [4.69, 9.17) is 0 Å². The van der Waals surface area contributed by atoms with Crippen LogP contribution in [0, 0.1) is 5.41 Å². The molecule has 0 saturated carbocycles. The van der Waals surface area contributed by atoms with Crippen LogP contribution in [0.15, 0.2) is 30.3 Å². The Morgan fingerprint density at radius 3 is 2.41 bits per heavy atom. The molecule has 1 aliphatic rings. The standard InChI is InChI=1S/C13H16F3N/c1-12(13(14,15)16)7-8-17(10-12)9-11-5-3-2-4-6-11/h2-6H,7-10H2,1H3. The van der Waals surface area contributed by atoms with Gasteiger partial charge in [-0.25, -0.2) is 0 Å². The van der Waals surface area contributed by atoms with Crippen LogP contribution in [0.5, 0.6) is 0 Å². The molecule has 0 N–H and O–H groups in total. The SMILES string of the molecule is CC1(C(F)(F)F)CCN(Cc2ccccc2)C1. The van der Waals surface area contributed by atoms with Gasteiger partial charge < -0.3 is 0 Å². The highest BCUT2D eigenvalue weighted by atomic mass is 19.4. The van der Waals surface area contributed by atoms with Crippen molar-refractivity contribution in [2.24, 2.45) is 5.41 Å². The van der Waals surface area contributed by atoms with Gasteiger partial charge in [0.25, 0.3) is 0 Å². The highest BCUT2D eigenvalue weighted by molar-refractivity contribution is 5.14. The maximum absolute atomic E-state index is 12.8. The average molecular weight is 243 g/mol. The Bertz CT molecular complexity index is 374. The van der Waals surface area contributed by atoms with Gasteiger partial charge in [0.05, 0.1) is 5.41 Å². The molecule has 0 bridgehead atoms. The van der Waals surface area contributed by atoms with E-state index in [1.807, 2.05) is 35.2 Å². The summed E-state index contributed by atoms with van der Waals surface area (Å²) in [6.07, 6.45) is -3.90. The van der Waals surface area contributed by atoms with Crippen LogP contribution in [0.1, 0.15) is 18.9 Å². The number of alkyl halides is 3. The average Bonchev–Trinajstić information content (AvgIpc) is 2.62. The van der Waals surface area contributed by atoms with Crippen molar-refractivity contribution in [3.05, 3.63) is 35.9 Å². The Morgan fingerprint density at radius 1 is 1.24 bits per heavy atom. The van der Waals surface area contributed by atoms with Crippen molar-refractivity contribution in [3.8, 4) is 0 Å². The number of nitrogens with zero attached hydrogens (tertiary/aromatic N) is 1. The molecule has 94 valence electrons. The van der Waals surface area contributed by atoms with Crippen molar-refractivity contribution in [1.82, 2.24) is 4.90 Å². The fourth-order valence-corrected chi connectivity index (χ4v) is 2.26. The predicted molar refractivity (Wildman–Crippen MR) is 60.5 cm³/mol. The maximum atomic E-state index is 12.8. The van der Waals surface area contributed by atoms with Crippen LogP contribution in [-0.2, 0) is 6.54 Å². The molecule has 0 amide bonds. The van der Waals surface area contributed by atoms with Crippen molar-refractivity contribution >= 4 is 0 Å². The van der Waals surface area contributed by atoms with E-state index >= 15 is 0 Å². The lowest BCUT2D eigenvalue weighted by atomic mass is 9.89. The first kappa shape index (κ1) is 12.4. The number of hydrogen-bond donors (Lipinski definition) is 0. The van der Waals surface area contributed by atoms with Gasteiger partial charge in [-0.1, -0.05) is 30.3 Å². The summed E-state index contributed by atoms with van der Waals surface area (Å²) in [5, 5.41) is 0. The van der Waals surface area contributed by atoms with E-state index in [0.29, 0.717) is 13.1 Å². The van der Waals surface area contributed by atoms with Crippen molar-refractivity contribution in [3.63, 3.8) is 0 Å². The molecule has 1 aliphatic heterocycles. The molecule has 1 nitrogen and oxygen atoms in total. The fraction of sp³-hybridized carbons (Fsp3) is 0.538. The zero-order valence-electron chi connectivity index (χ0n) is 9.80. The third-order valence-electron chi connectivity index (χ3n) is 3.49. The van der Waals surface area contributed by atoms with Gasteiger partial charge in [-0.2, -0.15) is 13.2 Å². The van der Waals surface area contributed by atoms with Gasteiger partial charge in [0.15, 0.2) is 0 Å². The van der Waals surface area contributed by atoms with Gasteiger partial charge in [0.1, 0.15) is 0 Å². The molecular weight excluding hydrogens is 227 g/mol. The molecule has 1 unspecified atom stereocenters. The highest BCUT2D eigenvalue weighted by Crippen LogP contribution is 2.45. The molecule has 0 aromatic heterocycles. The second kappa shape index (κ2) is 4.33. The van der Waals surface area contributed by atoms with Crippen molar-refractivity contribution in [2.45, 2.75) is 26.1 Å². The first-order valence-corrected chi connectivity index (χ1v) is 5.74. The van der Waals surface area contributed by atoms with Crippen LogP contribution in [0.25, 0.3) is 0 Å². The van der Waals surface area contributed by atoms with E-state index in [-0.39, 0.29) is 13.0 Å². The topological polar surface area (TPSA) is 3.24 Å². The third kappa shape index (κ3) is 2.63. The van der Waals surface area contributed by atoms with Crippen LogP contribution >= 0.6 is 0 Å². The quantitative estimate of drug-likeness (QED) is 0.769. The molecule has 1 aromatic rings. The number of benzene rings is 1. The summed E-state index contributed by atoms with van der Waals surface area (Å²) in [6, 6.07) is 9.63. The van der Waals surface area contributed by atoms with Crippen LogP contribution in [-0.4, -0.2) is 24.2 Å². The van der Waals surface area contributed by atoms with Crippen molar-refractivity contribution < 1.29 is 13.2 Å². The Hall–Kier alpha value is -1.03. The van der Waals surface area contributed by atoms with Crippen LogP contribution in [0.3, 0.4) is 0 Å². The third-order valence-corrected chi connectivity index (χ3v) is 3.49. The van der Waals surface area contributed by atoms with Crippen molar-refractivity contribution in [1.29, 1.82) is 0 Å². The van der Waals surface area contributed by atoms with E-state index in [0.717, 1.165) is 5.56 Å². The number of halogens is 3. The normalized spacial score (nSPS) is 26.4. The molecule has 1 fully saturated rings. The molecule has 1 atom stereocenters. The monoisotopic (exact) mass is 243 g/mol. The maximum Gasteiger partial charge on any atom is 0.395 e. The van der Waals surface area contributed by atoms with E-state index in [2.05, 4.69) is 0 Å². The Morgan fingerprint density at radius 2 is 1.88 bits per heavy atom. The molecule has 17 heavy (non-hydrogen) atoms. The minimum Gasteiger partial charge on any atom is -0.298 e. The van der Waals surface area contributed by atoms with E-state index in [1.54, 1.807) is 0 Å². The summed E-state index contributed by atoms with van der Waals surface area (Å²) < 4.78 is 38.5. The van der Waals surface area contributed by atoms with Crippen LogP contribution in [0.4, 0.5) is 13.2 Å². The van der Waals surface area contributed by atoms with Gasteiger partial charge in [0.2, 0.25) is 0 Å². The number of rotatable bonds is 2. The molecule has 4 heteroatoms. The van der Waals surface area contributed by atoms with E-state index in [1.165, 1.54) is 6.92 Å². The Balaban J connectivity index is 1.99. The minimum atomic E-state index is -4.10. The van der Waals surface area contributed by atoms with Crippen molar-refractivity contribution in [2.75, 3.05) is 13.1 Å². The van der Waals surface area contributed by atoms with Gasteiger partial charge in [-0.15, -0.1) is 0 Å². The van der Waals surface area contributed by atoms with Gasteiger partial charge in [-0.3, -0.25) is 4.90 Å². The second-order valence-corrected chi connectivity index (χ2v) is 5.00. The van der Waals surface area contributed by atoms with Gasteiger partial charge in [-0.05, 0) is 25.5 Å². The van der Waals surface area contributed by atoms with E-state index < -0.39 is 11.6 Å². The van der Waals surface area contributed by atoms with E-state index in [9.17, 15) is 13.2 Å². The van der Waals surface area contributed by atoms with Gasteiger partial charge >= 0.3 is 6.18 Å². The lowest BCUT2D eigenvalue weighted by molar-refractivity contribution is -0.212. The first-order valence-electron chi connectivity index (χ1n) is 5.74. The predicted octanol–water partition coefficient (Wildman–Crippen LogP) is 3.46. The summed E-state index contributed by atoms with van der Waals surface area (Å²) in [7, 11) is 0. The van der Waals surface area contributed by atoms with Crippen LogP contribution < -0.4 is 0 Å². The van der Waals surface area contributed by atoms with Crippen LogP contribution in [0.2, 0.25) is 0 Å². The molecule has 0 aliphatic carbocycles. The first-order chi connectivity index (χ1) is 7.91. The molecule has 0 spiro atoms. The Labute approximate surface area is 99.2 Å². The molecule has 1 aromatic carbocycles. The number of likely N-dealkylation sites (tertiary alicyclic amines) is 1. The second-order valence-electron chi connectivity index (χ2n) is 5.00. The zero-order valence-corrected chi connectivity index (χ0v) is 9.80. The summed E-state index contributed by atoms with van der Waals surface area (Å²) in [5.41, 5.74) is -0.471. The summed E-state index contributed by atoms with van der Waals surface area (Å²) in [5.74, 6) is 0. The largest absolute Gasteiger partial charge is 0.395 e. The number of hydrogen-bond acceptors (Lipinski definition) is 1. The lowest BCUT2D eigenvalue weighted by Gasteiger charge is -2.27. The zero-order chi connectivity index (χ0) is 12.5. The molecule has 2 rings (SSSR count). The molecule has 0 radical (unpaired) electrons. The molecule has 1 saturated heterocycles.